The lowest BCUT2D eigenvalue weighted by molar-refractivity contribution is -0.132. The van der Waals surface area contributed by atoms with Crippen LogP contribution in [0.1, 0.15) is 31.4 Å². The Balaban J connectivity index is 2.24. The number of hydrogen-bond acceptors (Lipinski definition) is 3. The fourth-order valence-electron chi connectivity index (χ4n) is 2.41. The van der Waals surface area contributed by atoms with Gasteiger partial charge in [-0.25, -0.2) is 4.72 Å². The van der Waals surface area contributed by atoms with E-state index >= 15 is 0 Å². The number of benzene rings is 1. The number of amides is 1. The van der Waals surface area contributed by atoms with Crippen LogP contribution < -0.4 is 9.44 Å². The molecule has 7 heteroatoms. The lowest BCUT2D eigenvalue weighted by Crippen LogP contribution is -2.45. The number of carbonyl (C=O) groups excluding carboxylic acids is 1. The molecular weight excluding hydrogens is 290 g/mol. The maximum absolute atomic E-state index is 12.6. The zero-order valence-corrected chi connectivity index (χ0v) is 12.9. The molecule has 2 N–H and O–H groups in total. The summed E-state index contributed by atoms with van der Waals surface area (Å²) in [6.45, 7) is 3.34. The van der Waals surface area contributed by atoms with Crippen LogP contribution in [0.2, 0.25) is 0 Å². The zero-order valence-electron chi connectivity index (χ0n) is 12.1. The third-order valence-corrected chi connectivity index (χ3v) is 4.62. The highest BCUT2D eigenvalue weighted by atomic mass is 32.2. The van der Waals surface area contributed by atoms with Crippen LogP contribution in [-0.2, 0) is 15.0 Å². The second-order valence-electron chi connectivity index (χ2n) is 5.00. The molecule has 6 nitrogen and oxygen atoms in total. The van der Waals surface area contributed by atoms with Gasteiger partial charge in [0.2, 0.25) is 5.91 Å². The largest absolute Gasteiger partial charge is 0.341 e. The van der Waals surface area contributed by atoms with Crippen LogP contribution in [0.25, 0.3) is 0 Å². The first-order valence-corrected chi connectivity index (χ1v) is 8.62. The van der Waals surface area contributed by atoms with Gasteiger partial charge in [0.15, 0.2) is 0 Å². The number of nitrogens with zero attached hydrogens (tertiary/aromatic N) is 1. The Bertz CT molecular complexity index is 568. The van der Waals surface area contributed by atoms with Gasteiger partial charge >= 0.3 is 0 Å². The van der Waals surface area contributed by atoms with Gasteiger partial charge in [-0.15, -0.1) is 0 Å². The van der Waals surface area contributed by atoms with E-state index in [1.165, 1.54) is 0 Å². The minimum atomic E-state index is -3.70. The molecule has 0 bridgehead atoms. The number of hydrogen-bond donors (Lipinski definition) is 2. The standard InChI is InChI=1S/C14H21N3O3S/c1-2-15-21(19,20)16-13(12-8-4-3-5-9-12)14(18)17-10-6-7-11-17/h3-5,8-9,13,15-16H,2,6-7,10-11H2,1H3. The number of carbonyl (C=O) groups is 1. The van der Waals surface area contributed by atoms with Crippen molar-refractivity contribution >= 4 is 16.1 Å². The molecule has 0 aliphatic carbocycles. The molecular formula is C14H21N3O3S. The van der Waals surface area contributed by atoms with E-state index < -0.39 is 16.3 Å². The Morgan fingerprint density at radius 2 is 1.86 bits per heavy atom. The molecule has 0 radical (unpaired) electrons. The third-order valence-electron chi connectivity index (χ3n) is 3.40. The maximum Gasteiger partial charge on any atom is 0.277 e. The molecule has 1 fully saturated rings. The summed E-state index contributed by atoms with van der Waals surface area (Å²) < 4.78 is 28.7. The minimum Gasteiger partial charge on any atom is -0.341 e. The van der Waals surface area contributed by atoms with Crippen LogP contribution in [0.4, 0.5) is 0 Å². The van der Waals surface area contributed by atoms with Crippen molar-refractivity contribution in [3.05, 3.63) is 35.9 Å². The summed E-state index contributed by atoms with van der Waals surface area (Å²) in [4.78, 5) is 14.3. The highest BCUT2D eigenvalue weighted by molar-refractivity contribution is 7.87. The van der Waals surface area contributed by atoms with E-state index in [1.54, 1.807) is 36.1 Å². The lowest BCUT2D eigenvalue weighted by Gasteiger charge is -2.24. The van der Waals surface area contributed by atoms with Crippen LogP contribution in [0.3, 0.4) is 0 Å². The number of likely N-dealkylation sites (tertiary alicyclic amines) is 1. The van der Waals surface area contributed by atoms with Gasteiger partial charge in [0.05, 0.1) is 0 Å². The smallest absolute Gasteiger partial charge is 0.277 e. The Morgan fingerprint density at radius 1 is 1.24 bits per heavy atom. The quantitative estimate of drug-likeness (QED) is 0.815. The van der Waals surface area contributed by atoms with Gasteiger partial charge in [-0.1, -0.05) is 37.3 Å². The van der Waals surface area contributed by atoms with Gasteiger partial charge in [0.1, 0.15) is 6.04 Å². The third kappa shape index (κ3) is 4.26. The summed E-state index contributed by atoms with van der Waals surface area (Å²) in [5, 5.41) is 0. The summed E-state index contributed by atoms with van der Waals surface area (Å²) in [5.41, 5.74) is 0.649. The van der Waals surface area contributed by atoms with Crippen LogP contribution in [0, 0.1) is 0 Å². The van der Waals surface area contributed by atoms with Crippen molar-refractivity contribution in [2.45, 2.75) is 25.8 Å². The molecule has 1 saturated heterocycles. The van der Waals surface area contributed by atoms with Crippen molar-refractivity contribution in [2.75, 3.05) is 19.6 Å². The molecule has 1 heterocycles. The molecule has 0 saturated carbocycles. The lowest BCUT2D eigenvalue weighted by atomic mass is 10.1. The monoisotopic (exact) mass is 311 g/mol. The van der Waals surface area contributed by atoms with Crippen molar-refractivity contribution in [1.29, 1.82) is 0 Å². The predicted molar refractivity (Wildman–Crippen MR) is 80.7 cm³/mol. The van der Waals surface area contributed by atoms with E-state index in [-0.39, 0.29) is 12.5 Å². The second-order valence-corrected chi connectivity index (χ2v) is 6.53. The molecule has 1 amide bonds. The highest BCUT2D eigenvalue weighted by Crippen LogP contribution is 2.19. The van der Waals surface area contributed by atoms with E-state index in [0.717, 1.165) is 12.8 Å². The summed E-state index contributed by atoms with van der Waals surface area (Å²) in [5.74, 6) is -0.194. The SMILES string of the molecule is CCNS(=O)(=O)NC(C(=O)N1CCCC1)c1ccccc1. The first kappa shape index (κ1) is 15.9. The van der Waals surface area contributed by atoms with Gasteiger partial charge in [0, 0.05) is 19.6 Å². The van der Waals surface area contributed by atoms with E-state index in [0.29, 0.717) is 18.7 Å². The van der Waals surface area contributed by atoms with Gasteiger partial charge in [-0.2, -0.15) is 13.1 Å². The summed E-state index contributed by atoms with van der Waals surface area (Å²) in [7, 11) is -3.70. The molecule has 1 aromatic rings. The molecule has 1 aliphatic rings. The first-order chi connectivity index (χ1) is 10.0. The van der Waals surface area contributed by atoms with Gasteiger partial charge < -0.3 is 4.90 Å². The van der Waals surface area contributed by atoms with Gasteiger partial charge in [-0.05, 0) is 18.4 Å². The molecule has 1 aromatic carbocycles. The fourth-order valence-corrected chi connectivity index (χ4v) is 3.42. The van der Waals surface area contributed by atoms with Crippen molar-refractivity contribution < 1.29 is 13.2 Å². The van der Waals surface area contributed by atoms with Gasteiger partial charge in [-0.3, -0.25) is 4.79 Å². The van der Waals surface area contributed by atoms with Crippen LogP contribution in [0.5, 0.6) is 0 Å². The molecule has 21 heavy (non-hydrogen) atoms. The summed E-state index contributed by atoms with van der Waals surface area (Å²) in [6.07, 6.45) is 1.93. The average molecular weight is 311 g/mol. The Hall–Kier alpha value is -1.44. The van der Waals surface area contributed by atoms with Gasteiger partial charge in [0.25, 0.3) is 10.2 Å². The van der Waals surface area contributed by atoms with Crippen LogP contribution >= 0.6 is 0 Å². The summed E-state index contributed by atoms with van der Waals surface area (Å²) >= 11 is 0. The number of nitrogens with one attached hydrogen (secondary N) is 2. The fraction of sp³-hybridized carbons (Fsp3) is 0.500. The average Bonchev–Trinajstić information content (AvgIpc) is 2.99. The second kappa shape index (κ2) is 7.02. The molecule has 116 valence electrons. The summed E-state index contributed by atoms with van der Waals surface area (Å²) in [6, 6.07) is 8.05. The molecule has 0 aromatic heterocycles. The van der Waals surface area contributed by atoms with Crippen molar-refractivity contribution in [3.63, 3.8) is 0 Å². The first-order valence-electron chi connectivity index (χ1n) is 7.14. The highest BCUT2D eigenvalue weighted by Gasteiger charge is 2.30. The molecule has 2 rings (SSSR count). The van der Waals surface area contributed by atoms with Crippen molar-refractivity contribution in [3.8, 4) is 0 Å². The van der Waals surface area contributed by atoms with Crippen LogP contribution in [0.15, 0.2) is 30.3 Å². The molecule has 1 aliphatic heterocycles. The zero-order chi connectivity index (χ0) is 15.3. The topological polar surface area (TPSA) is 78.5 Å². The minimum absolute atomic E-state index is 0.194. The molecule has 1 unspecified atom stereocenters. The Labute approximate surface area is 125 Å². The maximum atomic E-state index is 12.6. The van der Waals surface area contributed by atoms with Crippen molar-refractivity contribution in [1.82, 2.24) is 14.3 Å². The van der Waals surface area contributed by atoms with E-state index in [2.05, 4.69) is 9.44 Å². The molecule has 0 spiro atoms. The van der Waals surface area contributed by atoms with E-state index in [4.69, 9.17) is 0 Å². The van der Waals surface area contributed by atoms with E-state index in [1.807, 2.05) is 6.07 Å². The van der Waals surface area contributed by atoms with E-state index in [9.17, 15) is 13.2 Å². The predicted octanol–water partition coefficient (Wildman–Crippen LogP) is 0.794. The normalized spacial score (nSPS) is 16.9. The van der Waals surface area contributed by atoms with Crippen LogP contribution in [-0.4, -0.2) is 38.9 Å². The Kier molecular flexibility index (Phi) is 5.33. The molecule has 1 atom stereocenters. The number of rotatable bonds is 6. The Morgan fingerprint density at radius 3 is 2.43 bits per heavy atom. The van der Waals surface area contributed by atoms with Crippen molar-refractivity contribution in [2.24, 2.45) is 0 Å².